The van der Waals surface area contributed by atoms with Crippen molar-refractivity contribution in [1.82, 2.24) is 0 Å². The molecule has 0 saturated carbocycles. The molecule has 0 aliphatic heterocycles. The Bertz CT molecular complexity index is 279. The lowest BCUT2D eigenvalue weighted by molar-refractivity contribution is 0.627. The molecule has 0 aliphatic carbocycles. The van der Waals surface area contributed by atoms with E-state index in [9.17, 15) is 4.39 Å². The maximum Gasteiger partial charge on any atom is 0.123 e. The summed E-state index contributed by atoms with van der Waals surface area (Å²) in [6.45, 7) is 5.78. The van der Waals surface area contributed by atoms with Crippen molar-refractivity contribution in [1.29, 1.82) is 0 Å². The Balaban J connectivity index is 2.43. The van der Waals surface area contributed by atoms with Crippen molar-refractivity contribution in [3.63, 3.8) is 0 Å². The number of anilines is 1. The van der Waals surface area contributed by atoms with Crippen LogP contribution in [-0.2, 0) is 0 Å². The van der Waals surface area contributed by atoms with E-state index in [2.05, 4.69) is 18.8 Å². The first-order valence-electron chi connectivity index (χ1n) is 4.85. The molecule has 76 valence electrons. The molecule has 0 unspecified atom stereocenters. The predicted octanol–water partition coefficient (Wildman–Crippen LogP) is 3.59. The molecule has 1 N–H and O–H groups in total. The minimum atomic E-state index is -0.200. The van der Waals surface area contributed by atoms with Gasteiger partial charge in [-0.15, -0.1) is 6.58 Å². The van der Waals surface area contributed by atoms with Crippen molar-refractivity contribution in [2.45, 2.75) is 25.8 Å². The second-order valence-corrected chi connectivity index (χ2v) is 3.42. The zero-order valence-electron chi connectivity index (χ0n) is 8.46. The average Bonchev–Trinajstić information content (AvgIpc) is 2.18. The minimum absolute atomic E-state index is 0.200. The molecule has 0 saturated heterocycles. The summed E-state index contributed by atoms with van der Waals surface area (Å²) in [7, 11) is 0. The third kappa shape index (κ3) is 3.60. The third-order valence-corrected chi connectivity index (χ3v) is 2.06. The van der Waals surface area contributed by atoms with Crippen LogP contribution in [-0.4, -0.2) is 6.04 Å². The van der Waals surface area contributed by atoms with E-state index in [1.807, 2.05) is 6.08 Å². The largest absolute Gasteiger partial charge is 0.383 e. The molecule has 0 heterocycles. The van der Waals surface area contributed by atoms with Gasteiger partial charge in [0.2, 0.25) is 0 Å². The van der Waals surface area contributed by atoms with Crippen molar-refractivity contribution in [3.05, 3.63) is 42.7 Å². The molecule has 0 aliphatic rings. The van der Waals surface area contributed by atoms with Gasteiger partial charge in [0.25, 0.3) is 0 Å². The topological polar surface area (TPSA) is 12.0 Å². The first-order valence-corrected chi connectivity index (χ1v) is 4.85. The normalized spacial score (nSPS) is 12.1. The molecule has 1 aromatic carbocycles. The van der Waals surface area contributed by atoms with Crippen LogP contribution in [0.4, 0.5) is 10.1 Å². The lowest BCUT2D eigenvalue weighted by Gasteiger charge is -2.13. The van der Waals surface area contributed by atoms with Crippen LogP contribution in [0, 0.1) is 5.82 Å². The summed E-state index contributed by atoms with van der Waals surface area (Å²) < 4.78 is 12.6. The van der Waals surface area contributed by atoms with Crippen molar-refractivity contribution in [3.8, 4) is 0 Å². The molecule has 0 bridgehead atoms. The lowest BCUT2D eigenvalue weighted by atomic mass is 10.1. The number of rotatable bonds is 5. The number of halogens is 1. The highest BCUT2D eigenvalue weighted by Gasteiger charge is 2.00. The third-order valence-electron chi connectivity index (χ3n) is 2.06. The van der Waals surface area contributed by atoms with Gasteiger partial charge in [-0.05, 0) is 44.0 Å². The van der Waals surface area contributed by atoms with Gasteiger partial charge in [0.05, 0.1) is 0 Å². The molecule has 0 amide bonds. The van der Waals surface area contributed by atoms with E-state index in [1.54, 1.807) is 12.1 Å². The van der Waals surface area contributed by atoms with Crippen LogP contribution in [0.25, 0.3) is 0 Å². The summed E-state index contributed by atoms with van der Waals surface area (Å²) in [4.78, 5) is 0. The minimum Gasteiger partial charge on any atom is -0.383 e. The van der Waals surface area contributed by atoms with E-state index in [1.165, 1.54) is 12.1 Å². The summed E-state index contributed by atoms with van der Waals surface area (Å²) in [5.41, 5.74) is 0.961. The van der Waals surface area contributed by atoms with Gasteiger partial charge >= 0.3 is 0 Å². The summed E-state index contributed by atoms with van der Waals surface area (Å²) in [5.74, 6) is -0.200. The number of hydrogen-bond acceptors (Lipinski definition) is 1. The Labute approximate surface area is 84.6 Å². The van der Waals surface area contributed by atoms with Crippen LogP contribution in [0.3, 0.4) is 0 Å². The van der Waals surface area contributed by atoms with E-state index in [0.717, 1.165) is 18.5 Å². The molecule has 1 nitrogen and oxygen atoms in total. The molecule has 1 rings (SSSR count). The molecular formula is C12H16FN. The number of nitrogens with one attached hydrogen (secondary N) is 1. The quantitative estimate of drug-likeness (QED) is 0.704. The summed E-state index contributed by atoms with van der Waals surface area (Å²) in [6.07, 6.45) is 3.94. The molecule has 0 spiro atoms. The molecular weight excluding hydrogens is 177 g/mol. The van der Waals surface area contributed by atoms with Crippen LogP contribution in [0.5, 0.6) is 0 Å². The monoisotopic (exact) mass is 193 g/mol. The summed E-state index contributed by atoms with van der Waals surface area (Å²) in [6, 6.07) is 6.81. The van der Waals surface area contributed by atoms with Gasteiger partial charge in [0.15, 0.2) is 0 Å². The van der Waals surface area contributed by atoms with Crippen molar-refractivity contribution in [2.75, 3.05) is 5.32 Å². The van der Waals surface area contributed by atoms with Crippen LogP contribution < -0.4 is 5.32 Å². The van der Waals surface area contributed by atoms with E-state index >= 15 is 0 Å². The number of allylic oxidation sites excluding steroid dienone is 1. The van der Waals surface area contributed by atoms with Gasteiger partial charge in [0, 0.05) is 11.7 Å². The molecule has 14 heavy (non-hydrogen) atoms. The SMILES string of the molecule is C=CCC[C@H](C)Nc1ccc(F)cc1. The standard InChI is InChI=1S/C12H16FN/c1-3-4-5-10(2)14-12-8-6-11(13)7-9-12/h3,6-10,14H,1,4-5H2,2H3/t10-/m0/s1. The fourth-order valence-electron chi connectivity index (χ4n) is 1.27. The molecule has 0 fully saturated rings. The zero-order valence-corrected chi connectivity index (χ0v) is 8.46. The smallest absolute Gasteiger partial charge is 0.123 e. The Morgan fingerprint density at radius 2 is 2.07 bits per heavy atom. The lowest BCUT2D eigenvalue weighted by Crippen LogP contribution is -2.14. The van der Waals surface area contributed by atoms with E-state index in [4.69, 9.17) is 0 Å². The maximum atomic E-state index is 12.6. The fraction of sp³-hybridized carbons (Fsp3) is 0.333. The van der Waals surface area contributed by atoms with Crippen LogP contribution >= 0.6 is 0 Å². The van der Waals surface area contributed by atoms with Gasteiger partial charge in [-0.25, -0.2) is 4.39 Å². The van der Waals surface area contributed by atoms with Gasteiger partial charge in [-0.2, -0.15) is 0 Å². The Morgan fingerprint density at radius 3 is 2.64 bits per heavy atom. The number of benzene rings is 1. The van der Waals surface area contributed by atoms with E-state index in [0.29, 0.717) is 6.04 Å². The van der Waals surface area contributed by atoms with Crippen molar-refractivity contribution >= 4 is 5.69 Å². The van der Waals surface area contributed by atoms with Gasteiger partial charge in [-0.1, -0.05) is 6.08 Å². The molecule has 1 aromatic rings. The number of hydrogen-bond donors (Lipinski definition) is 1. The first kappa shape index (κ1) is 10.8. The predicted molar refractivity (Wildman–Crippen MR) is 58.9 cm³/mol. The maximum absolute atomic E-state index is 12.6. The molecule has 0 aromatic heterocycles. The average molecular weight is 193 g/mol. The highest BCUT2D eigenvalue weighted by Crippen LogP contribution is 2.11. The van der Waals surface area contributed by atoms with Crippen molar-refractivity contribution in [2.24, 2.45) is 0 Å². The fourth-order valence-corrected chi connectivity index (χ4v) is 1.27. The molecule has 0 radical (unpaired) electrons. The van der Waals surface area contributed by atoms with Gasteiger partial charge < -0.3 is 5.32 Å². The van der Waals surface area contributed by atoms with E-state index in [-0.39, 0.29) is 5.82 Å². The molecule has 1 atom stereocenters. The van der Waals surface area contributed by atoms with Gasteiger partial charge in [0.1, 0.15) is 5.82 Å². The second kappa shape index (κ2) is 5.43. The van der Waals surface area contributed by atoms with Crippen LogP contribution in [0.15, 0.2) is 36.9 Å². The van der Waals surface area contributed by atoms with Gasteiger partial charge in [-0.3, -0.25) is 0 Å². The Kier molecular flexibility index (Phi) is 4.17. The summed E-state index contributed by atoms with van der Waals surface area (Å²) in [5, 5.41) is 3.29. The van der Waals surface area contributed by atoms with Crippen LogP contribution in [0.2, 0.25) is 0 Å². The summed E-state index contributed by atoms with van der Waals surface area (Å²) >= 11 is 0. The van der Waals surface area contributed by atoms with Crippen LogP contribution in [0.1, 0.15) is 19.8 Å². The Hall–Kier alpha value is -1.31. The Morgan fingerprint density at radius 1 is 1.43 bits per heavy atom. The zero-order chi connectivity index (χ0) is 10.4. The first-order chi connectivity index (χ1) is 6.72. The van der Waals surface area contributed by atoms with Crippen molar-refractivity contribution < 1.29 is 4.39 Å². The highest BCUT2D eigenvalue weighted by molar-refractivity contribution is 5.43. The highest BCUT2D eigenvalue weighted by atomic mass is 19.1. The molecule has 2 heteroatoms. The van der Waals surface area contributed by atoms with E-state index < -0.39 is 0 Å². The second-order valence-electron chi connectivity index (χ2n) is 3.42.